The minimum atomic E-state index is 0.0429. The van der Waals surface area contributed by atoms with Gasteiger partial charge in [0, 0.05) is 29.7 Å². The molecule has 1 heterocycles. The Morgan fingerprint density at radius 1 is 1.19 bits per heavy atom. The Labute approximate surface area is 161 Å². The molecule has 2 unspecified atom stereocenters. The molecule has 1 saturated carbocycles. The van der Waals surface area contributed by atoms with E-state index in [-0.39, 0.29) is 5.43 Å². The molecule has 0 bridgehead atoms. The second-order valence-electron chi connectivity index (χ2n) is 7.33. The van der Waals surface area contributed by atoms with Crippen LogP contribution < -0.4 is 10.2 Å². The standard InChI is InChI=1S/C24H27NO2/c1-5-6-13-27-24-16-20(8-10-23(24)22-9-7-17(22)2)11-12-25-18(3)14-21(26)15-19(25)4/h8,10-12,14-17,22H,7,9,13H2,1-4H3/b12-11+. The fourth-order valence-corrected chi connectivity index (χ4v) is 3.67. The first-order valence-electron chi connectivity index (χ1n) is 9.54. The minimum absolute atomic E-state index is 0.0429. The molecule has 2 atom stereocenters. The first-order chi connectivity index (χ1) is 13.0. The van der Waals surface area contributed by atoms with Crippen LogP contribution in [0.4, 0.5) is 0 Å². The van der Waals surface area contributed by atoms with E-state index in [1.54, 1.807) is 12.1 Å². The summed E-state index contributed by atoms with van der Waals surface area (Å²) in [6, 6.07) is 9.73. The van der Waals surface area contributed by atoms with E-state index in [1.165, 1.54) is 18.4 Å². The molecule has 1 aromatic carbocycles. The molecule has 3 nitrogen and oxygen atoms in total. The van der Waals surface area contributed by atoms with Crippen molar-refractivity contribution >= 4 is 12.3 Å². The summed E-state index contributed by atoms with van der Waals surface area (Å²) in [6.07, 6.45) is 6.56. The van der Waals surface area contributed by atoms with E-state index in [1.807, 2.05) is 31.5 Å². The highest BCUT2D eigenvalue weighted by Crippen LogP contribution is 2.45. The van der Waals surface area contributed by atoms with Gasteiger partial charge in [-0.1, -0.05) is 25.0 Å². The van der Waals surface area contributed by atoms with Gasteiger partial charge in [0.05, 0.1) is 0 Å². The van der Waals surface area contributed by atoms with Crippen LogP contribution >= 0.6 is 0 Å². The summed E-state index contributed by atoms with van der Waals surface area (Å²) >= 11 is 0. The third-order valence-corrected chi connectivity index (χ3v) is 5.41. The van der Waals surface area contributed by atoms with Crippen molar-refractivity contribution in [1.29, 1.82) is 0 Å². The van der Waals surface area contributed by atoms with Crippen LogP contribution in [0, 0.1) is 31.6 Å². The number of nitrogens with zero attached hydrogens (tertiary/aromatic N) is 1. The molecular formula is C24H27NO2. The number of pyridine rings is 1. The van der Waals surface area contributed by atoms with E-state index in [9.17, 15) is 4.79 Å². The molecule has 1 aromatic heterocycles. The van der Waals surface area contributed by atoms with Crippen LogP contribution in [0.3, 0.4) is 0 Å². The van der Waals surface area contributed by atoms with E-state index in [2.05, 4.69) is 43.0 Å². The van der Waals surface area contributed by atoms with Gasteiger partial charge in [0.2, 0.25) is 0 Å². The fraction of sp³-hybridized carbons (Fsp3) is 0.375. The zero-order chi connectivity index (χ0) is 19.4. The molecule has 2 aromatic rings. The lowest BCUT2D eigenvalue weighted by Gasteiger charge is -2.35. The van der Waals surface area contributed by atoms with Gasteiger partial charge in [0.25, 0.3) is 0 Å². The van der Waals surface area contributed by atoms with Crippen LogP contribution in [0.1, 0.15) is 55.1 Å². The van der Waals surface area contributed by atoms with Crippen LogP contribution in [0.2, 0.25) is 0 Å². The summed E-state index contributed by atoms with van der Waals surface area (Å²) in [4.78, 5) is 11.6. The second-order valence-corrected chi connectivity index (χ2v) is 7.33. The Kier molecular flexibility index (Phi) is 5.86. The molecule has 140 valence electrons. The molecule has 3 rings (SSSR count). The first-order valence-corrected chi connectivity index (χ1v) is 9.54. The average molecular weight is 361 g/mol. The molecule has 0 saturated heterocycles. The minimum Gasteiger partial charge on any atom is -0.481 e. The summed E-state index contributed by atoms with van der Waals surface area (Å²) in [5.74, 6) is 8.09. The monoisotopic (exact) mass is 361 g/mol. The largest absolute Gasteiger partial charge is 0.481 e. The summed E-state index contributed by atoms with van der Waals surface area (Å²) in [7, 11) is 0. The van der Waals surface area contributed by atoms with Crippen molar-refractivity contribution in [1.82, 2.24) is 4.57 Å². The van der Waals surface area contributed by atoms with Crippen molar-refractivity contribution in [2.75, 3.05) is 6.61 Å². The lowest BCUT2D eigenvalue weighted by atomic mass is 9.71. The maximum atomic E-state index is 11.6. The Balaban J connectivity index is 1.90. The van der Waals surface area contributed by atoms with Gasteiger partial charge in [-0.25, -0.2) is 0 Å². The predicted octanol–water partition coefficient (Wildman–Crippen LogP) is 5.01. The van der Waals surface area contributed by atoms with Gasteiger partial charge in [-0.2, -0.15) is 0 Å². The van der Waals surface area contributed by atoms with Gasteiger partial charge in [-0.15, -0.1) is 5.92 Å². The van der Waals surface area contributed by atoms with Crippen molar-refractivity contribution < 1.29 is 4.74 Å². The van der Waals surface area contributed by atoms with Gasteiger partial charge in [0.1, 0.15) is 12.4 Å². The second kappa shape index (κ2) is 8.31. The van der Waals surface area contributed by atoms with E-state index >= 15 is 0 Å². The average Bonchev–Trinajstić information content (AvgIpc) is 2.61. The molecule has 0 amide bonds. The third kappa shape index (κ3) is 4.34. The maximum absolute atomic E-state index is 11.6. The molecular weight excluding hydrogens is 334 g/mol. The number of hydrogen-bond acceptors (Lipinski definition) is 2. The quantitative estimate of drug-likeness (QED) is 0.701. The van der Waals surface area contributed by atoms with Crippen LogP contribution in [-0.2, 0) is 0 Å². The highest BCUT2D eigenvalue weighted by Gasteiger charge is 2.30. The highest BCUT2D eigenvalue weighted by molar-refractivity contribution is 5.63. The van der Waals surface area contributed by atoms with E-state index < -0.39 is 0 Å². The van der Waals surface area contributed by atoms with E-state index in [0.717, 1.165) is 22.7 Å². The first kappa shape index (κ1) is 19.0. The number of rotatable bonds is 5. The molecule has 27 heavy (non-hydrogen) atoms. The Morgan fingerprint density at radius 2 is 1.93 bits per heavy atom. The smallest absolute Gasteiger partial charge is 0.182 e. The maximum Gasteiger partial charge on any atom is 0.182 e. The molecule has 3 heteroatoms. The molecule has 0 N–H and O–H groups in total. The van der Waals surface area contributed by atoms with Gasteiger partial charge in [-0.05, 0) is 68.7 Å². The summed E-state index contributed by atoms with van der Waals surface area (Å²) < 4.78 is 8.00. The number of ether oxygens (including phenoxy) is 1. The number of benzene rings is 1. The fourth-order valence-electron chi connectivity index (χ4n) is 3.67. The van der Waals surface area contributed by atoms with Crippen LogP contribution in [0.25, 0.3) is 12.3 Å². The van der Waals surface area contributed by atoms with Crippen LogP contribution in [0.5, 0.6) is 5.75 Å². The lowest BCUT2D eigenvalue weighted by molar-refractivity contribution is 0.268. The summed E-state index contributed by atoms with van der Waals surface area (Å²) in [5, 5.41) is 0. The highest BCUT2D eigenvalue weighted by atomic mass is 16.5. The van der Waals surface area contributed by atoms with Crippen molar-refractivity contribution in [3.05, 3.63) is 63.1 Å². The number of hydrogen-bond donors (Lipinski definition) is 0. The van der Waals surface area contributed by atoms with Gasteiger partial charge < -0.3 is 9.30 Å². The normalized spacial score (nSPS) is 18.7. The van der Waals surface area contributed by atoms with E-state index in [0.29, 0.717) is 18.4 Å². The van der Waals surface area contributed by atoms with Gasteiger partial charge >= 0.3 is 0 Å². The molecule has 0 spiro atoms. The Hall–Kier alpha value is -2.73. The molecule has 1 fully saturated rings. The SMILES string of the molecule is CC#CCOc1cc(/C=C/n2c(C)cc(=O)cc2C)ccc1C1CCC1C. The zero-order valence-corrected chi connectivity index (χ0v) is 16.6. The Bertz CT molecular complexity index is 946. The molecule has 0 radical (unpaired) electrons. The molecule has 0 aliphatic heterocycles. The van der Waals surface area contributed by atoms with Crippen molar-refractivity contribution in [2.45, 2.75) is 46.5 Å². The van der Waals surface area contributed by atoms with Crippen LogP contribution in [-0.4, -0.2) is 11.2 Å². The lowest BCUT2D eigenvalue weighted by Crippen LogP contribution is -2.21. The number of aromatic nitrogens is 1. The topological polar surface area (TPSA) is 31.2 Å². The summed E-state index contributed by atoms with van der Waals surface area (Å²) in [5.41, 5.74) is 4.25. The van der Waals surface area contributed by atoms with Crippen molar-refractivity contribution in [3.8, 4) is 17.6 Å². The van der Waals surface area contributed by atoms with Crippen molar-refractivity contribution in [3.63, 3.8) is 0 Å². The van der Waals surface area contributed by atoms with Crippen molar-refractivity contribution in [2.24, 2.45) is 5.92 Å². The molecule has 1 aliphatic carbocycles. The predicted molar refractivity (Wildman–Crippen MR) is 112 cm³/mol. The van der Waals surface area contributed by atoms with Crippen LogP contribution in [0.15, 0.2) is 35.1 Å². The third-order valence-electron chi connectivity index (χ3n) is 5.41. The van der Waals surface area contributed by atoms with E-state index in [4.69, 9.17) is 4.74 Å². The van der Waals surface area contributed by atoms with Gasteiger partial charge in [0.15, 0.2) is 5.43 Å². The molecule has 1 aliphatic rings. The van der Waals surface area contributed by atoms with Gasteiger partial charge in [-0.3, -0.25) is 4.79 Å². The number of aryl methyl sites for hydroxylation is 2. The zero-order valence-electron chi connectivity index (χ0n) is 16.6. The Morgan fingerprint density at radius 3 is 2.52 bits per heavy atom. The summed E-state index contributed by atoms with van der Waals surface area (Å²) in [6.45, 7) is 8.43.